The monoisotopic (exact) mass is 384 g/mol. The van der Waals surface area contributed by atoms with Crippen molar-refractivity contribution in [2.45, 2.75) is 19.3 Å². The standard InChI is InChI=1S/C21H21O5P/c22-19-13-9-17(10-14-19)5-4-6-18-11-15-21(16-12-18)26-27(23,24)25-20-7-2-1-3-8-20/h1-3,7-16,22H,4-6H2,(H,23,24). The van der Waals surface area contributed by atoms with E-state index in [1.54, 1.807) is 54.6 Å². The molecule has 2 N–H and O–H groups in total. The molecule has 3 rings (SSSR count). The number of aromatic hydroxyl groups is 1. The summed E-state index contributed by atoms with van der Waals surface area (Å²) in [7, 11) is -4.24. The van der Waals surface area contributed by atoms with Crippen LogP contribution in [0.25, 0.3) is 0 Å². The van der Waals surface area contributed by atoms with E-state index in [0.29, 0.717) is 0 Å². The Bertz CT molecular complexity index is 892. The maximum Gasteiger partial charge on any atom is 0.584 e. The maximum absolute atomic E-state index is 12.1. The van der Waals surface area contributed by atoms with Crippen LogP contribution in [-0.2, 0) is 17.4 Å². The van der Waals surface area contributed by atoms with E-state index in [9.17, 15) is 14.6 Å². The first-order valence-electron chi connectivity index (χ1n) is 8.64. The molecule has 140 valence electrons. The predicted molar refractivity (Wildman–Crippen MR) is 104 cm³/mol. The number of hydrogen-bond acceptors (Lipinski definition) is 4. The number of benzene rings is 3. The third-order valence-corrected chi connectivity index (χ3v) is 4.86. The van der Waals surface area contributed by atoms with Crippen molar-refractivity contribution in [3.8, 4) is 17.2 Å². The van der Waals surface area contributed by atoms with E-state index in [4.69, 9.17) is 9.05 Å². The zero-order chi connectivity index (χ0) is 19.1. The lowest BCUT2D eigenvalue weighted by Crippen LogP contribution is -2.00. The first-order valence-corrected chi connectivity index (χ1v) is 10.1. The summed E-state index contributed by atoms with van der Waals surface area (Å²) in [5.74, 6) is 0.819. The van der Waals surface area contributed by atoms with Gasteiger partial charge in [-0.25, -0.2) is 4.57 Å². The lowest BCUT2D eigenvalue weighted by atomic mass is 10.0. The van der Waals surface area contributed by atoms with Crippen molar-refractivity contribution in [3.05, 3.63) is 90.0 Å². The molecule has 0 saturated heterocycles. The number of rotatable bonds is 8. The molecule has 1 atom stereocenters. The second-order valence-electron chi connectivity index (χ2n) is 6.13. The second-order valence-corrected chi connectivity index (χ2v) is 7.43. The Balaban J connectivity index is 1.50. The highest BCUT2D eigenvalue weighted by Crippen LogP contribution is 2.44. The summed E-state index contributed by atoms with van der Waals surface area (Å²) in [5, 5.41) is 9.29. The van der Waals surface area contributed by atoms with Crippen LogP contribution < -0.4 is 9.05 Å². The average molecular weight is 384 g/mol. The zero-order valence-corrected chi connectivity index (χ0v) is 15.6. The summed E-state index contributed by atoms with van der Waals surface area (Å²) in [5.41, 5.74) is 2.28. The van der Waals surface area contributed by atoms with Crippen molar-refractivity contribution < 1.29 is 23.6 Å². The molecule has 0 radical (unpaired) electrons. The fraction of sp³-hybridized carbons (Fsp3) is 0.143. The number of phenols is 1. The van der Waals surface area contributed by atoms with E-state index in [2.05, 4.69) is 0 Å². The van der Waals surface area contributed by atoms with Crippen LogP contribution in [0.3, 0.4) is 0 Å². The minimum atomic E-state index is -4.24. The molecule has 5 nitrogen and oxygen atoms in total. The Morgan fingerprint density at radius 2 is 1.19 bits per heavy atom. The molecule has 27 heavy (non-hydrogen) atoms. The molecule has 6 heteroatoms. The van der Waals surface area contributed by atoms with Crippen LogP contribution in [0.5, 0.6) is 17.2 Å². The number of hydrogen-bond donors (Lipinski definition) is 2. The van der Waals surface area contributed by atoms with Crippen LogP contribution >= 0.6 is 7.82 Å². The molecule has 0 spiro atoms. The van der Waals surface area contributed by atoms with Crippen LogP contribution in [0.4, 0.5) is 0 Å². The molecule has 1 unspecified atom stereocenters. The Labute approximate surface area is 158 Å². The van der Waals surface area contributed by atoms with Gasteiger partial charge in [0.2, 0.25) is 0 Å². The molecule has 0 aliphatic rings. The van der Waals surface area contributed by atoms with Crippen LogP contribution in [-0.4, -0.2) is 10.00 Å². The van der Waals surface area contributed by atoms with Gasteiger partial charge in [0.25, 0.3) is 0 Å². The van der Waals surface area contributed by atoms with Gasteiger partial charge in [0.1, 0.15) is 17.2 Å². The molecule has 0 bridgehead atoms. The van der Waals surface area contributed by atoms with Gasteiger partial charge in [0.15, 0.2) is 0 Å². The van der Waals surface area contributed by atoms with Gasteiger partial charge in [-0.1, -0.05) is 42.5 Å². The van der Waals surface area contributed by atoms with Crippen molar-refractivity contribution in [1.29, 1.82) is 0 Å². The van der Waals surface area contributed by atoms with Gasteiger partial charge in [-0.05, 0) is 66.8 Å². The first-order chi connectivity index (χ1) is 13.0. The molecule has 0 aliphatic heterocycles. The topological polar surface area (TPSA) is 76.0 Å². The fourth-order valence-electron chi connectivity index (χ4n) is 2.64. The Morgan fingerprint density at radius 1 is 0.704 bits per heavy atom. The Kier molecular flexibility index (Phi) is 6.17. The van der Waals surface area contributed by atoms with Crippen molar-refractivity contribution in [2.24, 2.45) is 0 Å². The molecule has 3 aromatic rings. The molecular weight excluding hydrogens is 363 g/mol. The van der Waals surface area contributed by atoms with Gasteiger partial charge < -0.3 is 14.2 Å². The van der Waals surface area contributed by atoms with Crippen molar-refractivity contribution in [1.82, 2.24) is 0 Å². The van der Waals surface area contributed by atoms with Gasteiger partial charge in [0.05, 0.1) is 0 Å². The molecule has 0 aliphatic carbocycles. The molecule has 0 saturated carbocycles. The lowest BCUT2D eigenvalue weighted by molar-refractivity contribution is 0.291. The largest absolute Gasteiger partial charge is 0.584 e. The smallest absolute Gasteiger partial charge is 0.508 e. The SMILES string of the molecule is O=P(O)(Oc1ccccc1)Oc1ccc(CCCc2ccc(O)cc2)cc1. The number of phenolic OH excluding ortho intramolecular Hbond substituents is 1. The Hall–Kier alpha value is -2.75. The molecule has 0 amide bonds. The van der Waals surface area contributed by atoms with Gasteiger partial charge in [0, 0.05) is 0 Å². The minimum Gasteiger partial charge on any atom is -0.508 e. The number of aryl methyl sites for hydroxylation is 2. The summed E-state index contributed by atoms with van der Waals surface area (Å²) in [6, 6.07) is 22.6. The summed E-state index contributed by atoms with van der Waals surface area (Å²) < 4.78 is 22.2. The highest BCUT2D eigenvalue weighted by Gasteiger charge is 2.24. The van der Waals surface area contributed by atoms with E-state index in [0.717, 1.165) is 24.8 Å². The van der Waals surface area contributed by atoms with Crippen molar-refractivity contribution in [2.75, 3.05) is 0 Å². The van der Waals surface area contributed by atoms with Crippen molar-refractivity contribution in [3.63, 3.8) is 0 Å². The highest BCUT2D eigenvalue weighted by atomic mass is 31.2. The molecule has 3 aromatic carbocycles. The van der Waals surface area contributed by atoms with Gasteiger partial charge in [-0.3, -0.25) is 4.89 Å². The number of phosphoric ester groups is 1. The highest BCUT2D eigenvalue weighted by molar-refractivity contribution is 7.48. The maximum atomic E-state index is 12.1. The van der Waals surface area contributed by atoms with E-state index in [-0.39, 0.29) is 17.2 Å². The molecule has 0 aromatic heterocycles. The lowest BCUT2D eigenvalue weighted by Gasteiger charge is -2.14. The van der Waals surface area contributed by atoms with Gasteiger partial charge >= 0.3 is 7.82 Å². The second kappa shape index (κ2) is 8.76. The summed E-state index contributed by atoms with van der Waals surface area (Å²) in [4.78, 5) is 9.87. The summed E-state index contributed by atoms with van der Waals surface area (Å²) in [6.07, 6.45) is 2.74. The fourth-order valence-corrected chi connectivity index (χ4v) is 3.46. The quantitative estimate of drug-likeness (QED) is 0.527. The van der Waals surface area contributed by atoms with E-state index < -0.39 is 7.82 Å². The zero-order valence-electron chi connectivity index (χ0n) is 14.7. The first kappa shape index (κ1) is 19.0. The van der Waals surface area contributed by atoms with E-state index in [1.165, 1.54) is 5.56 Å². The normalized spacial score (nSPS) is 12.9. The molecule has 0 fully saturated rings. The summed E-state index contributed by atoms with van der Waals surface area (Å²) in [6.45, 7) is 0. The third kappa shape index (κ3) is 6.17. The van der Waals surface area contributed by atoms with Crippen LogP contribution in [0.2, 0.25) is 0 Å². The van der Waals surface area contributed by atoms with Crippen molar-refractivity contribution >= 4 is 7.82 Å². The molecule has 0 heterocycles. The number of phosphoric acid groups is 1. The third-order valence-electron chi connectivity index (χ3n) is 3.98. The van der Waals surface area contributed by atoms with Gasteiger partial charge in [-0.15, -0.1) is 0 Å². The minimum absolute atomic E-state index is 0.270. The predicted octanol–water partition coefficient (Wildman–Crippen LogP) is 5.13. The van der Waals surface area contributed by atoms with Gasteiger partial charge in [-0.2, -0.15) is 0 Å². The average Bonchev–Trinajstić information content (AvgIpc) is 2.65. The van der Waals surface area contributed by atoms with E-state index in [1.807, 2.05) is 24.3 Å². The Morgan fingerprint density at radius 3 is 1.74 bits per heavy atom. The van der Waals surface area contributed by atoms with Crippen LogP contribution in [0.1, 0.15) is 17.5 Å². The molecular formula is C21H21O5P. The van der Waals surface area contributed by atoms with E-state index >= 15 is 0 Å². The number of para-hydroxylation sites is 1. The van der Waals surface area contributed by atoms with Crippen LogP contribution in [0.15, 0.2) is 78.9 Å². The van der Waals surface area contributed by atoms with Crippen LogP contribution in [0, 0.1) is 0 Å². The summed E-state index contributed by atoms with van der Waals surface area (Å²) >= 11 is 0.